The van der Waals surface area contributed by atoms with E-state index in [1.54, 1.807) is 7.05 Å². The first-order valence-electron chi connectivity index (χ1n) is 3.22. The number of aliphatic carboxylic acids is 1. The Balaban J connectivity index is 3.44. The molecule has 0 saturated heterocycles. The maximum atomic E-state index is 10.4. The third-order valence-electron chi connectivity index (χ3n) is 1.01. The lowest BCUT2D eigenvalue weighted by Crippen LogP contribution is -2.38. The average molecular weight is 160 g/mol. The van der Waals surface area contributed by atoms with Crippen molar-refractivity contribution in [2.75, 3.05) is 13.6 Å². The summed E-state index contributed by atoms with van der Waals surface area (Å²) in [6, 6.07) is 0. The number of hydrogen-bond donors (Lipinski definition) is 2. The summed E-state index contributed by atoms with van der Waals surface area (Å²) in [6.07, 6.45) is 0.0246. The van der Waals surface area contributed by atoms with Crippen molar-refractivity contribution in [1.29, 1.82) is 0 Å². The van der Waals surface area contributed by atoms with Gasteiger partial charge in [0.15, 0.2) is 0 Å². The molecule has 0 atom stereocenters. The molecular formula is C6H12N2O3. The van der Waals surface area contributed by atoms with Crippen molar-refractivity contribution in [1.82, 2.24) is 10.4 Å². The lowest BCUT2D eigenvalue weighted by atomic mass is 10.4. The van der Waals surface area contributed by atoms with Crippen molar-refractivity contribution in [2.24, 2.45) is 0 Å². The number of nitrogens with one attached hydrogen (secondary N) is 1. The van der Waals surface area contributed by atoms with E-state index < -0.39 is 5.97 Å². The minimum Gasteiger partial charge on any atom is -0.481 e. The summed E-state index contributed by atoms with van der Waals surface area (Å²) in [6.45, 7) is 1.69. The molecule has 0 aliphatic rings. The largest absolute Gasteiger partial charge is 0.481 e. The van der Waals surface area contributed by atoms with Crippen LogP contribution in [0.25, 0.3) is 0 Å². The Labute approximate surface area is 65.0 Å². The molecule has 0 heterocycles. The van der Waals surface area contributed by atoms with Gasteiger partial charge in [0.2, 0.25) is 5.91 Å². The Morgan fingerprint density at radius 2 is 2.09 bits per heavy atom. The van der Waals surface area contributed by atoms with Crippen molar-refractivity contribution >= 4 is 11.9 Å². The predicted octanol–water partition coefficient (Wildman–Crippen LogP) is -0.556. The Kier molecular flexibility index (Phi) is 4.21. The summed E-state index contributed by atoms with van der Waals surface area (Å²) in [5.74, 6) is -1.07. The number of hydrogen-bond acceptors (Lipinski definition) is 3. The molecule has 11 heavy (non-hydrogen) atoms. The van der Waals surface area contributed by atoms with Crippen molar-refractivity contribution in [2.45, 2.75) is 13.3 Å². The Morgan fingerprint density at radius 3 is 2.45 bits per heavy atom. The SMILES string of the molecule is CC(=O)NN(C)CCC(=O)O. The van der Waals surface area contributed by atoms with Crippen LogP contribution >= 0.6 is 0 Å². The van der Waals surface area contributed by atoms with Gasteiger partial charge in [0.05, 0.1) is 6.42 Å². The summed E-state index contributed by atoms with van der Waals surface area (Å²) >= 11 is 0. The quantitative estimate of drug-likeness (QED) is 0.541. The second-order valence-corrected chi connectivity index (χ2v) is 2.23. The fourth-order valence-electron chi connectivity index (χ4n) is 0.588. The van der Waals surface area contributed by atoms with E-state index in [2.05, 4.69) is 5.43 Å². The van der Waals surface area contributed by atoms with E-state index in [0.717, 1.165) is 0 Å². The van der Waals surface area contributed by atoms with Gasteiger partial charge in [-0.15, -0.1) is 0 Å². The zero-order valence-corrected chi connectivity index (χ0v) is 6.63. The van der Waals surface area contributed by atoms with Gasteiger partial charge in [-0.25, -0.2) is 5.01 Å². The molecule has 0 bridgehead atoms. The lowest BCUT2D eigenvalue weighted by molar-refractivity contribution is -0.138. The Morgan fingerprint density at radius 1 is 1.55 bits per heavy atom. The summed E-state index contributed by atoms with van der Waals surface area (Å²) in [5.41, 5.74) is 2.43. The van der Waals surface area contributed by atoms with Crippen LogP contribution in [0.5, 0.6) is 0 Å². The molecule has 0 aliphatic heterocycles. The number of carboxylic acid groups (broad SMARTS) is 1. The van der Waals surface area contributed by atoms with Crippen LogP contribution in [0.4, 0.5) is 0 Å². The van der Waals surface area contributed by atoms with E-state index in [4.69, 9.17) is 5.11 Å². The fraction of sp³-hybridized carbons (Fsp3) is 0.667. The highest BCUT2D eigenvalue weighted by atomic mass is 16.4. The maximum Gasteiger partial charge on any atom is 0.304 e. The van der Waals surface area contributed by atoms with Gasteiger partial charge in [-0.05, 0) is 0 Å². The van der Waals surface area contributed by atoms with E-state index in [1.807, 2.05) is 0 Å². The topological polar surface area (TPSA) is 69.6 Å². The summed E-state index contributed by atoms with van der Waals surface area (Å²) < 4.78 is 0. The van der Waals surface area contributed by atoms with E-state index in [0.29, 0.717) is 6.54 Å². The molecule has 0 fully saturated rings. The smallest absolute Gasteiger partial charge is 0.304 e. The molecule has 0 unspecified atom stereocenters. The van der Waals surface area contributed by atoms with Gasteiger partial charge in [0.25, 0.3) is 0 Å². The van der Waals surface area contributed by atoms with E-state index in [-0.39, 0.29) is 12.3 Å². The molecule has 0 aromatic heterocycles. The number of hydrazine groups is 1. The van der Waals surface area contributed by atoms with E-state index >= 15 is 0 Å². The molecule has 0 spiro atoms. The standard InChI is InChI=1S/C6H12N2O3/c1-5(9)7-8(2)4-3-6(10)11/h3-4H2,1-2H3,(H,7,9)(H,10,11). The number of nitrogens with zero attached hydrogens (tertiary/aromatic N) is 1. The highest BCUT2D eigenvalue weighted by Crippen LogP contribution is 1.82. The zero-order chi connectivity index (χ0) is 8.85. The summed E-state index contributed by atoms with van der Waals surface area (Å²) in [4.78, 5) is 20.4. The second kappa shape index (κ2) is 4.68. The minimum atomic E-state index is -0.873. The van der Waals surface area contributed by atoms with Crippen molar-refractivity contribution in [3.63, 3.8) is 0 Å². The summed E-state index contributed by atoms with van der Waals surface area (Å²) in [5, 5.41) is 9.70. The average Bonchev–Trinajstić information content (AvgIpc) is 1.82. The molecule has 1 amide bonds. The molecule has 0 rings (SSSR count). The molecule has 64 valence electrons. The molecular weight excluding hydrogens is 148 g/mol. The first-order chi connectivity index (χ1) is 5.02. The van der Waals surface area contributed by atoms with Gasteiger partial charge in [0.1, 0.15) is 0 Å². The highest BCUT2D eigenvalue weighted by Gasteiger charge is 2.02. The third kappa shape index (κ3) is 6.79. The molecule has 0 saturated carbocycles. The Bertz CT molecular complexity index is 158. The van der Waals surface area contributed by atoms with Crippen LogP contribution < -0.4 is 5.43 Å². The number of amides is 1. The van der Waals surface area contributed by atoms with Gasteiger partial charge in [0, 0.05) is 20.5 Å². The first-order valence-corrected chi connectivity index (χ1v) is 3.22. The molecule has 0 radical (unpaired) electrons. The number of carbonyl (C=O) groups excluding carboxylic acids is 1. The van der Waals surface area contributed by atoms with Gasteiger partial charge < -0.3 is 5.11 Å². The predicted molar refractivity (Wildman–Crippen MR) is 38.7 cm³/mol. The summed E-state index contributed by atoms with van der Waals surface area (Å²) in [7, 11) is 1.62. The van der Waals surface area contributed by atoms with Crippen molar-refractivity contribution in [3.05, 3.63) is 0 Å². The van der Waals surface area contributed by atoms with Gasteiger partial charge in [-0.2, -0.15) is 0 Å². The van der Waals surface area contributed by atoms with Crippen molar-refractivity contribution in [3.8, 4) is 0 Å². The van der Waals surface area contributed by atoms with Gasteiger partial charge in [-0.1, -0.05) is 0 Å². The van der Waals surface area contributed by atoms with E-state index in [1.165, 1.54) is 11.9 Å². The number of rotatable bonds is 4. The third-order valence-corrected chi connectivity index (χ3v) is 1.01. The van der Waals surface area contributed by atoms with Crippen LogP contribution in [0.2, 0.25) is 0 Å². The second-order valence-electron chi connectivity index (χ2n) is 2.23. The molecule has 5 heteroatoms. The van der Waals surface area contributed by atoms with Crippen LogP contribution in [0.1, 0.15) is 13.3 Å². The number of carboxylic acids is 1. The van der Waals surface area contributed by atoms with Crippen LogP contribution in [-0.2, 0) is 9.59 Å². The van der Waals surface area contributed by atoms with Crippen LogP contribution in [0, 0.1) is 0 Å². The molecule has 2 N–H and O–H groups in total. The minimum absolute atomic E-state index is 0.0246. The normalized spacial score (nSPS) is 9.73. The van der Waals surface area contributed by atoms with Crippen LogP contribution in [-0.4, -0.2) is 35.6 Å². The molecule has 0 aromatic carbocycles. The molecule has 5 nitrogen and oxygen atoms in total. The molecule has 0 aliphatic carbocycles. The lowest BCUT2D eigenvalue weighted by Gasteiger charge is -2.14. The monoisotopic (exact) mass is 160 g/mol. The Hall–Kier alpha value is -1.10. The van der Waals surface area contributed by atoms with Crippen molar-refractivity contribution < 1.29 is 14.7 Å². The zero-order valence-electron chi connectivity index (χ0n) is 6.63. The number of carbonyl (C=O) groups is 2. The highest BCUT2D eigenvalue weighted by molar-refractivity contribution is 5.72. The van der Waals surface area contributed by atoms with E-state index in [9.17, 15) is 9.59 Å². The maximum absolute atomic E-state index is 10.4. The van der Waals surface area contributed by atoms with Gasteiger partial charge >= 0.3 is 5.97 Å². The van der Waals surface area contributed by atoms with Crippen LogP contribution in [0.3, 0.4) is 0 Å². The first kappa shape index (κ1) is 9.90. The van der Waals surface area contributed by atoms with Crippen LogP contribution in [0.15, 0.2) is 0 Å². The molecule has 0 aromatic rings. The fourth-order valence-corrected chi connectivity index (χ4v) is 0.588. The van der Waals surface area contributed by atoms with Gasteiger partial charge in [-0.3, -0.25) is 15.0 Å².